The Hall–Kier alpha value is -2.82. The smallest absolute Gasteiger partial charge is 0.265 e. The Morgan fingerprint density at radius 1 is 1.25 bits per heavy atom. The van der Waals surface area contributed by atoms with Crippen molar-refractivity contribution in [2.45, 2.75) is 27.3 Å². The van der Waals surface area contributed by atoms with E-state index >= 15 is 0 Å². The summed E-state index contributed by atoms with van der Waals surface area (Å²) in [6.45, 7) is 6.48. The molecule has 2 heterocycles. The Bertz CT molecular complexity index is 839. The molecule has 0 saturated heterocycles. The molecule has 0 aliphatic heterocycles. The summed E-state index contributed by atoms with van der Waals surface area (Å²) < 4.78 is 7.30. The summed E-state index contributed by atoms with van der Waals surface area (Å²) in [6.07, 6.45) is 1.73. The van der Waals surface area contributed by atoms with Crippen molar-refractivity contribution in [1.82, 2.24) is 9.55 Å². The number of aryl methyl sites for hydroxylation is 1. The lowest BCUT2D eigenvalue weighted by atomic mass is 10.1. The number of benzene rings is 1. The van der Waals surface area contributed by atoms with Gasteiger partial charge in [0.25, 0.3) is 5.91 Å². The van der Waals surface area contributed by atoms with Crippen LogP contribution >= 0.6 is 0 Å². The third-order valence-electron chi connectivity index (χ3n) is 3.74. The fourth-order valence-corrected chi connectivity index (χ4v) is 2.73. The lowest BCUT2D eigenvalue weighted by molar-refractivity contribution is 0.0992. The van der Waals surface area contributed by atoms with Crippen molar-refractivity contribution in [3.05, 3.63) is 59.5 Å². The van der Waals surface area contributed by atoms with Gasteiger partial charge in [0.05, 0.1) is 24.9 Å². The number of methoxy groups -OCH3 is 1. The summed E-state index contributed by atoms with van der Waals surface area (Å²) in [7, 11) is 1.62. The van der Waals surface area contributed by atoms with Crippen molar-refractivity contribution in [2.24, 2.45) is 5.73 Å². The molecule has 0 saturated carbocycles. The average molecular weight is 325 g/mol. The van der Waals surface area contributed by atoms with Gasteiger partial charge in [-0.25, -0.2) is 0 Å². The maximum atomic E-state index is 11.8. The monoisotopic (exact) mass is 325 g/mol. The second kappa shape index (κ2) is 7.64. The van der Waals surface area contributed by atoms with Crippen LogP contribution in [0, 0.1) is 6.92 Å². The highest BCUT2D eigenvalue weighted by atomic mass is 16.5. The van der Waals surface area contributed by atoms with E-state index in [2.05, 4.69) is 4.98 Å². The molecule has 126 valence electrons. The van der Waals surface area contributed by atoms with Gasteiger partial charge in [-0.3, -0.25) is 9.78 Å². The number of primary amides is 1. The zero-order valence-electron chi connectivity index (χ0n) is 14.5. The normalized spacial score (nSPS) is 10.2. The third-order valence-corrected chi connectivity index (χ3v) is 3.74. The highest BCUT2D eigenvalue weighted by molar-refractivity contribution is 6.00. The minimum Gasteiger partial charge on any atom is -0.496 e. The Kier molecular flexibility index (Phi) is 5.58. The first-order chi connectivity index (χ1) is 11.6. The van der Waals surface area contributed by atoms with Crippen LogP contribution in [-0.4, -0.2) is 22.6 Å². The van der Waals surface area contributed by atoms with Gasteiger partial charge in [0.1, 0.15) is 11.4 Å². The van der Waals surface area contributed by atoms with E-state index in [0.717, 1.165) is 27.9 Å². The first-order valence-electron chi connectivity index (χ1n) is 7.98. The Labute approximate surface area is 142 Å². The van der Waals surface area contributed by atoms with Crippen molar-refractivity contribution in [3.8, 4) is 5.75 Å². The molecule has 3 rings (SSSR count). The summed E-state index contributed by atoms with van der Waals surface area (Å²) in [5.41, 5.74) is 8.87. The number of hydrogen-bond donors (Lipinski definition) is 1. The maximum Gasteiger partial charge on any atom is 0.265 e. The van der Waals surface area contributed by atoms with Crippen LogP contribution in [-0.2, 0) is 6.54 Å². The van der Waals surface area contributed by atoms with Crippen LogP contribution in [0.4, 0.5) is 0 Å². The number of carbonyl (C=O) groups is 1. The summed E-state index contributed by atoms with van der Waals surface area (Å²) in [6, 6.07) is 11.4. The lowest BCUT2D eigenvalue weighted by Gasteiger charge is -2.11. The first-order valence-corrected chi connectivity index (χ1v) is 7.98. The molecule has 24 heavy (non-hydrogen) atoms. The lowest BCUT2D eigenvalue weighted by Crippen LogP contribution is -2.17. The third kappa shape index (κ3) is 3.25. The second-order valence-corrected chi connectivity index (χ2v) is 5.15. The molecule has 5 heteroatoms. The zero-order chi connectivity index (χ0) is 17.7. The number of pyridine rings is 1. The van der Waals surface area contributed by atoms with Crippen molar-refractivity contribution < 1.29 is 9.53 Å². The number of hydrogen-bond acceptors (Lipinski definition) is 3. The van der Waals surface area contributed by atoms with E-state index in [1.54, 1.807) is 19.4 Å². The molecule has 0 aliphatic carbocycles. The van der Waals surface area contributed by atoms with Gasteiger partial charge in [-0.15, -0.1) is 0 Å². The molecule has 3 aromatic rings. The fraction of sp³-hybridized carbons (Fsp3) is 0.263. The predicted molar refractivity (Wildman–Crippen MR) is 96.4 cm³/mol. The Morgan fingerprint density at radius 3 is 2.58 bits per heavy atom. The largest absolute Gasteiger partial charge is 0.496 e. The summed E-state index contributed by atoms with van der Waals surface area (Å²) in [4.78, 5) is 16.2. The predicted octanol–water partition coefficient (Wildman–Crippen LogP) is 3.53. The molecule has 5 nitrogen and oxygen atoms in total. The van der Waals surface area contributed by atoms with E-state index < -0.39 is 5.91 Å². The highest BCUT2D eigenvalue weighted by Gasteiger charge is 2.18. The number of amides is 1. The summed E-state index contributed by atoms with van der Waals surface area (Å²) in [5.74, 6) is 0.261. The molecule has 0 aliphatic rings. The molecule has 1 aromatic carbocycles. The maximum absolute atomic E-state index is 11.8. The number of carbonyl (C=O) groups excluding carboxylic acids is 1. The topological polar surface area (TPSA) is 70.1 Å². The van der Waals surface area contributed by atoms with Crippen molar-refractivity contribution in [2.75, 3.05) is 7.11 Å². The number of rotatable bonds is 4. The SMILES string of the molecule is CC.COc1ccc(C)c2c1cc(C(N)=O)n2Cc1ccccn1. The van der Waals surface area contributed by atoms with Crippen LogP contribution in [0.15, 0.2) is 42.6 Å². The van der Waals surface area contributed by atoms with E-state index in [1.807, 2.05) is 55.7 Å². The molecular formula is C19H23N3O2. The summed E-state index contributed by atoms with van der Waals surface area (Å²) >= 11 is 0. The van der Waals surface area contributed by atoms with Gasteiger partial charge in [0.15, 0.2) is 0 Å². The van der Waals surface area contributed by atoms with Gasteiger partial charge in [-0.1, -0.05) is 26.0 Å². The molecule has 0 radical (unpaired) electrons. The van der Waals surface area contributed by atoms with Crippen LogP contribution in [0.3, 0.4) is 0 Å². The van der Waals surface area contributed by atoms with Gasteiger partial charge in [0.2, 0.25) is 0 Å². The minimum absolute atomic E-state index is 0.452. The average Bonchev–Trinajstić information content (AvgIpc) is 2.98. The molecule has 0 spiro atoms. The number of nitrogens with zero attached hydrogens (tertiary/aromatic N) is 2. The summed E-state index contributed by atoms with van der Waals surface area (Å²) in [5, 5.41) is 0.882. The van der Waals surface area contributed by atoms with Gasteiger partial charge >= 0.3 is 0 Å². The molecule has 1 amide bonds. The highest BCUT2D eigenvalue weighted by Crippen LogP contribution is 2.31. The fourth-order valence-electron chi connectivity index (χ4n) is 2.73. The van der Waals surface area contributed by atoms with Gasteiger partial charge in [0, 0.05) is 11.6 Å². The van der Waals surface area contributed by atoms with E-state index in [9.17, 15) is 4.79 Å². The van der Waals surface area contributed by atoms with E-state index in [-0.39, 0.29) is 0 Å². The molecule has 0 bridgehead atoms. The van der Waals surface area contributed by atoms with E-state index in [4.69, 9.17) is 10.5 Å². The van der Waals surface area contributed by atoms with Crippen LogP contribution in [0.25, 0.3) is 10.9 Å². The van der Waals surface area contributed by atoms with Gasteiger partial charge in [-0.2, -0.15) is 0 Å². The molecule has 0 atom stereocenters. The number of nitrogens with two attached hydrogens (primary N) is 1. The quantitative estimate of drug-likeness (QED) is 0.798. The molecule has 2 N–H and O–H groups in total. The molecular weight excluding hydrogens is 302 g/mol. The number of ether oxygens (including phenoxy) is 1. The Morgan fingerprint density at radius 2 is 2.00 bits per heavy atom. The molecule has 0 unspecified atom stereocenters. The van der Waals surface area contributed by atoms with Gasteiger partial charge < -0.3 is 15.0 Å². The van der Waals surface area contributed by atoms with Gasteiger partial charge in [-0.05, 0) is 36.8 Å². The minimum atomic E-state index is -0.464. The van der Waals surface area contributed by atoms with Crippen LogP contribution in [0.5, 0.6) is 5.75 Å². The van der Waals surface area contributed by atoms with E-state index in [1.165, 1.54) is 0 Å². The van der Waals surface area contributed by atoms with Crippen molar-refractivity contribution >= 4 is 16.8 Å². The second-order valence-electron chi connectivity index (χ2n) is 5.15. The number of fused-ring (bicyclic) bond motifs is 1. The van der Waals surface area contributed by atoms with E-state index in [0.29, 0.717) is 12.2 Å². The Balaban J connectivity index is 0.00000100. The van der Waals surface area contributed by atoms with Crippen molar-refractivity contribution in [1.29, 1.82) is 0 Å². The van der Waals surface area contributed by atoms with Crippen LogP contribution < -0.4 is 10.5 Å². The van der Waals surface area contributed by atoms with Crippen LogP contribution in [0.1, 0.15) is 35.6 Å². The first kappa shape index (κ1) is 17.5. The molecule has 0 fully saturated rings. The standard InChI is InChI=1S/C17H17N3O2.C2H6/c1-11-6-7-15(22-2)13-9-14(17(18)21)20(16(11)13)10-12-5-3-4-8-19-12;1-2/h3-9H,10H2,1-2H3,(H2,18,21);1-2H3. The zero-order valence-corrected chi connectivity index (χ0v) is 14.5. The number of aromatic nitrogens is 2. The van der Waals surface area contributed by atoms with Crippen LogP contribution in [0.2, 0.25) is 0 Å². The van der Waals surface area contributed by atoms with Crippen molar-refractivity contribution in [3.63, 3.8) is 0 Å². The molecule has 2 aromatic heterocycles.